The van der Waals surface area contributed by atoms with Crippen LogP contribution < -0.4 is 5.32 Å². The van der Waals surface area contributed by atoms with Gasteiger partial charge in [-0.15, -0.1) is 0 Å². The number of furan rings is 1. The molecule has 3 rings (SSSR count). The predicted molar refractivity (Wildman–Crippen MR) is 87.7 cm³/mol. The molecule has 2 heterocycles. The first kappa shape index (κ1) is 15.0. The Hall–Kier alpha value is -2.88. The summed E-state index contributed by atoms with van der Waals surface area (Å²) in [6.45, 7) is 0.391. The van der Waals surface area contributed by atoms with E-state index in [0.29, 0.717) is 13.0 Å². The molecule has 0 aliphatic heterocycles. The van der Waals surface area contributed by atoms with Crippen molar-refractivity contribution in [3.05, 3.63) is 90.1 Å². The molecule has 4 heteroatoms. The molecule has 3 aromatic rings. The second-order valence-corrected chi connectivity index (χ2v) is 5.33. The van der Waals surface area contributed by atoms with Gasteiger partial charge in [-0.05, 0) is 35.7 Å². The Bertz CT molecular complexity index is 725. The smallest absolute Gasteiger partial charge is 0.228 e. The molecule has 0 saturated carbocycles. The average molecular weight is 306 g/mol. The molecule has 1 atom stereocenters. The monoisotopic (exact) mass is 306 g/mol. The summed E-state index contributed by atoms with van der Waals surface area (Å²) >= 11 is 0. The van der Waals surface area contributed by atoms with Gasteiger partial charge in [0.15, 0.2) is 0 Å². The standard InChI is InChI=1S/C19H18N2O2/c22-19(21-14-17-9-5-11-23-17)18(16-7-2-1-3-8-16)12-15-6-4-10-20-13-15/h1-11,13,18H,12,14H2,(H,21,22). The molecule has 1 N–H and O–H groups in total. The molecule has 0 saturated heterocycles. The minimum Gasteiger partial charge on any atom is -0.467 e. The predicted octanol–water partition coefficient (Wildman–Crippen LogP) is 3.32. The van der Waals surface area contributed by atoms with E-state index in [1.807, 2.05) is 54.6 Å². The van der Waals surface area contributed by atoms with Crippen LogP contribution in [0, 0.1) is 0 Å². The molecule has 0 aliphatic rings. The van der Waals surface area contributed by atoms with Crippen molar-refractivity contribution < 1.29 is 9.21 Å². The molecule has 116 valence electrons. The fraction of sp³-hybridized carbons (Fsp3) is 0.158. The van der Waals surface area contributed by atoms with Crippen molar-refractivity contribution >= 4 is 5.91 Å². The molecule has 1 unspecified atom stereocenters. The van der Waals surface area contributed by atoms with Crippen molar-refractivity contribution in [2.45, 2.75) is 18.9 Å². The molecule has 23 heavy (non-hydrogen) atoms. The Morgan fingerprint density at radius 1 is 1.09 bits per heavy atom. The Morgan fingerprint density at radius 2 is 1.96 bits per heavy atom. The van der Waals surface area contributed by atoms with Crippen molar-refractivity contribution in [2.75, 3.05) is 0 Å². The van der Waals surface area contributed by atoms with E-state index in [1.54, 1.807) is 18.7 Å². The number of hydrogen-bond acceptors (Lipinski definition) is 3. The van der Waals surface area contributed by atoms with E-state index in [1.165, 1.54) is 0 Å². The molecule has 0 fully saturated rings. The highest BCUT2D eigenvalue weighted by molar-refractivity contribution is 5.83. The molecule has 0 bridgehead atoms. The molecule has 2 aromatic heterocycles. The number of rotatable bonds is 6. The van der Waals surface area contributed by atoms with Crippen molar-refractivity contribution in [3.63, 3.8) is 0 Å². The molecule has 1 amide bonds. The molecule has 0 aliphatic carbocycles. The summed E-state index contributed by atoms with van der Waals surface area (Å²) in [5.74, 6) is 0.471. The fourth-order valence-corrected chi connectivity index (χ4v) is 2.51. The number of hydrogen-bond donors (Lipinski definition) is 1. The second kappa shape index (κ2) is 7.40. The molecule has 0 radical (unpaired) electrons. The molecular formula is C19H18N2O2. The number of nitrogens with one attached hydrogen (secondary N) is 1. The first-order valence-corrected chi connectivity index (χ1v) is 7.57. The number of pyridine rings is 1. The third-order valence-electron chi connectivity index (χ3n) is 3.70. The number of aromatic nitrogens is 1. The highest BCUT2D eigenvalue weighted by Gasteiger charge is 2.21. The van der Waals surface area contributed by atoms with Gasteiger partial charge >= 0.3 is 0 Å². The highest BCUT2D eigenvalue weighted by atomic mass is 16.3. The van der Waals surface area contributed by atoms with Crippen LogP contribution in [-0.4, -0.2) is 10.9 Å². The summed E-state index contributed by atoms with van der Waals surface area (Å²) in [6.07, 6.45) is 5.75. The van der Waals surface area contributed by atoms with Crippen molar-refractivity contribution in [2.24, 2.45) is 0 Å². The van der Waals surface area contributed by atoms with Crippen LogP contribution in [0.5, 0.6) is 0 Å². The van der Waals surface area contributed by atoms with E-state index in [4.69, 9.17) is 4.42 Å². The van der Waals surface area contributed by atoms with E-state index in [-0.39, 0.29) is 11.8 Å². The fourth-order valence-electron chi connectivity index (χ4n) is 2.51. The lowest BCUT2D eigenvalue weighted by molar-refractivity contribution is -0.122. The zero-order valence-electron chi connectivity index (χ0n) is 12.7. The maximum atomic E-state index is 12.7. The Morgan fingerprint density at radius 3 is 2.65 bits per heavy atom. The Balaban J connectivity index is 1.75. The molecular weight excluding hydrogens is 288 g/mol. The van der Waals surface area contributed by atoms with Crippen molar-refractivity contribution in [1.29, 1.82) is 0 Å². The quantitative estimate of drug-likeness (QED) is 0.760. The van der Waals surface area contributed by atoms with Gasteiger partial charge in [-0.25, -0.2) is 0 Å². The Labute approximate surface area is 135 Å². The van der Waals surface area contributed by atoms with E-state index in [0.717, 1.165) is 16.9 Å². The third kappa shape index (κ3) is 4.07. The lowest BCUT2D eigenvalue weighted by Gasteiger charge is -2.17. The van der Waals surface area contributed by atoms with E-state index < -0.39 is 0 Å². The molecule has 4 nitrogen and oxygen atoms in total. The van der Waals surface area contributed by atoms with Crippen molar-refractivity contribution in [3.8, 4) is 0 Å². The van der Waals surface area contributed by atoms with Gasteiger partial charge in [-0.1, -0.05) is 36.4 Å². The summed E-state index contributed by atoms with van der Waals surface area (Å²) < 4.78 is 5.26. The summed E-state index contributed by atoms with van der Waals surface area (Å²) in [4.78, 5) is 16.8. The first-order chi connectivity index (χ1) is 11.3. The van der Waals surface area contributed by atoms with Gasteiger partial charge in [-0.3, -0.25) is 9.78 Å². The number of amides is 1. The number of carbonyl (C=O) groups excluding carboxylic acids is 1. The SMILES string of the molecule is O=C(NCc1ccco1)C(Cc1cccnc1)c1ccccc1. The van der Waals surface area contributed by atoms with Crippen LogP contribution in [0.2, 0.25) is 0 Å². The van der Waals surface area contributed by atoms with E-state index in [9.17, 15) is 4.79 Å². The Kier molecular flexibility index (Phi) is 4.84. The van der Waals surface area contributed by atoms with Crippen molar-refractivity contribution in [1.82, 2.24) is 10.3 Å². The van der Waals surface area contributed by atoms with E-state index in [2.05, 4.69) is 10.3 Å². The van der Waals surface area contributed by atoms with Crippen LogP contribution >= 0.6 is 0 Å². The van der Waals surface area contributed by atoms with Gasteiger partial charge in [0.25, 0.3) is 0 Å². The van der Waals surface area contributed by atoms with Gasteiger partial charge in [0.05, 0.1) is 18.7 Å². The number of carbonyl (C=O) groups is 1. The number of nitrogens with zero attached hydrogens (tertiary/aromatic N) is 1. The normalized spacial score (nSPS) is 11.8. The maximum Gasteiger partial charge on any atom is 0.228 e. The zero-order chi connectivity index (χ0) is 15.9. The van der Waals surface area contributed by atoms with Gasteiger partial charge in [0, 0.05) is 12.4 Å². The third-order valence-corrected chi connectivity index (χ3v) is 3.70. The largest absolute Gasteiger partial charge is 0.467 e. The van der Waals surface area contributed by atoms with E-state index >= 15 is 0 Å². The summed E-state index contributed by atoms with van der Waals surface area (Å²) in [7, 11) is 0. The van der Waals surface area contributed by atoms with Crippen LogP contribution in [0.15, 0.2) is 77.7 Å². The van der Waals surface area contributed by atoms with Crippen LogP contribution in [-0.2, 0) is 17.8 Å². The zero-order valence-corrected chi connectivity index (χ0v) is 12.7. The average Bonchev–Trinajstić information content (AvgIpc) is 3.13. The second-order valence-electron chi connectivity index (χ2n) is 5.33. The van der Waals surface area contributed by atoms with Gasteiger partial charge in [0.2, 0.25) is 5.91 Å². The van der Waals surface area contributed by atoms with Crippen LogP contribution in [0.4, 0.5) is 0 Å². The highest BCUT2D eigenvalue weighted by Crippen LogP contribution is 2.21. The summed E-state index contributed by atoms with van der Waals surface area (Å²) in [5.41, 5.74) is 2.03. The van der Waals surface area contributed by atoms with Gasteiger partial charge < -0.3 is 9.73 Å². The molecule has 0 spiro atoms. The van der Waals surface area contributed by atoms with Crippen LogP contribution in [0.1, 0.15) is 22.8 Å². The maximum absolute atomic E-state index is 12.7. The first-order valence-electron chi connectivity index (χ1n) is 7.57. The summed E-state index contributed by atoms with van der Waals surface area (Å²) in [6, 6.07) is 17.3. The lowest BCUT2D eigenvalue weighted by atomic mass is 9.92. The number of benzene rings is 1. The van der Waals surface area contributed by atoms with Crippen LogP contribution in [0.3, 0.4) is 0 Å². The molecule has 1 aromatic carbocycles. The minimum atomic E-state index is -0.254. The van der Waals surface area contributed by atoms with Crippen LogP contribution in [0.25, 0.3) is 0 Å². The lowest BCUT2D eigenvalue weighted by Crippen LogP contribution is -2.30. The van der Waals surface area contributed by atoms with Gasteiger partial charge in [-0.2, -0.15) is 0 Å². The van der Waals surface area contributed by atoms with Gasteiger partial charge in [0.1, 0.15) is 5.76 Å². The topological polar surface area (TPSA) is 55.1 Å². The summed E-state index contributed by atoms with van der Waals surface area (Å²) in [5, 5.41) is 2.95. The minimum absolute atomic E-state index is 0.0172.